The predicted molar refractivity (Wildman–Crippen MR) is 88.1 cm³/mol. The molecule has 0 spiro atoms. The highest BCUT2D eigenvalue weighted by molar-refractivity contribution is 5.20. The van der Waals surface area contributed by atoms with Crippen LogP contribution in [0.2, 0.25) is 0 Å². The van der Waals surface area contributed by atoms with Gasteiger partial charge in [0, 0.05) is 12.6 Å². The summed E-state index contributed by atoms with van der Waals surface area (Å²) in [6, 6.07) is 11.7. The van der Waals surface area contributed by atoms with E-state index in [1.165, 1.54) is 37.7 Å². The SMILES string of the molecule is CC(C)C(CNC1CCCCCC1C)c1ccccc1. The Morgan fingerprint density at radius 3 is 2.45 bits per heavy atom. The Bertz CT molecular complexity index is 371. The fourth-order valence-corrected chi connectivity index (χ4v) is 3.51. The number of hydrogen-bond acceptors (Lipinski definition) is 1. The van der Waals surface area contributed by atoms with Gasteiger partial charge in [-0.15, -0.1) is 0 Å². The van der Waals surface area contributed by atoms with Gasteiger partial charge in [-0.3, -0.25) is 0 Å². The summed E-state index contributed by atoms with van der Waals surface area (Å²) in [6.45, 7) is 8.23. The second-order valence-corrected chi connectivity index (χ2v) is 6.89. The molecule has 1 saturated carbocycles. The van der Waals surface area contributed by atoms with Crippen LogP contribution in [0, 0.1) is 11.8 Å². The van der Waals surface area contributed by atoms with Crippen molar-refractivity contribution < 1.29 is 0 Å². The molecule has 1 heteroatoms. The van der Waals surface area contributed by atoms with Gasteiger partial charge in [-0.25, -0.2) is 0 Å². The van der Waals surface area contributed by atoms with Gasteiger partial charge in [0.15, 0.2) is 0 Å². The fourth-order valence-electron chi connectivity index (χ4n) is 3.51. The maximum absolute atomic E-state index is 3.89. The fraction of sp³-hybridized carbons (Fsp3) is 0.684. The van der Waals surface area contributed by atoms with Gasteiger partial charge in [0.2, 0.25) is 0 Å². The minimum Gasteiger partial charge on any atom is -0.313 e. The first-order chi connectivity index (χ1) is 9.68. The van der Waals surface area contributed by atoms with E-state index >= 15 is 0 Å². The highest BCUT2D eigenvalue weighted by Crippen LogP contribution is 2.26. The summed E-state index contributed by atoms with van der Waals surface area (Å²) in [6.07, 6.45) is 7.01. The largest absolute Gasteiger partial charge is 0.313 e. The van der Waals surface area contributed by atoms with Gasteiger partial charge in [-0.05, 0) is 36.2 Å². The van der Waals surface area contributed by atoms with E-state index in [0.717, 1.165) is 18.5 Å². The molecule has 20 heavy (non-hydrogen) atoms. The van der Waals surface area contributed by atoms with Crippen LogP contribution in [0.1, 0.15) is 64.4 Å². The van der Waals surface area contributed by atoms with Crippen molar-refractivity contribution in [2.75, 3.05) is 6.54 Å². The predicted octanol–water partition coefficient (Wildman–Crippen LogP) is 4.98. The highest BCUT2D eigenvalue weighted by atomic mass is 14.9. The molecule has 1 aromatic carbocycles. The molecule has 0 bridgehead atoms. The lowest BCUT2D eigenvalue weighted by Gasteiger charge is -2.28. The van der Waals surface area contributed by atoms with Crippen LogP contribution in [-0.2, 0) is 0 Å². The lowest BCUT2D eigenvalue weighted by molar-refractivity contribution is 0.333. The molecule has 0 saturated heterocycles. The maximum atomic E-state index is 3.89. The van der Waals surface area contributed by atoms with Gasteiger partial charge in [0.05, 0.1) is 0 Å². The van der Waals surface area contributed by atoms with E-state index in [-0.39, 0.29) is 0 Å². The molecule has 1 nitrogen and oxygen atoms in total. The Balaban J connectivity index is 1.95. The van der Waals surface area contributed by atoms with Crippen LogP contribution >= 0.6 is 0 Å². The van der Waals surface area contributed by atoms with E-state index in [9.17, 15) is 0 Å². The molecule has 3 unspecified atom stereocenters. The van der Waals surface area contributed by atoms with Crippen molar-refractivity contribution in [1.29, 1.82) is 0 Å². The normalized spacial score (nSPS) is 25.4. The molecule has 0 aromatic heterocycles. The molecular formula is C19H31N. The molecule has 0 radical (unpaired) electrons. The third-order valence-electron chi connectivity index (χ3n) is 4.99. The molecule has 3 atom stereocenters. The molecule has 1 aromatic rings. The minimum atomic E-state index is 0.631. The molecule has 112 valence electrons. The Labute approximate surface area is 125 Å². The van der Waals surface area contributed by atoms with Crippen LogP contribution in [-0.4, -0.2) is 12.6 Å². The van der Waals surface area contributed by atoms with Crippen molar-refractivity contribution in [3.63, 3.8) is 0 Å². The van der Waals surface area contributed by atoms with Crippen LogP contribution in [0.25, 0.3) is 0 Å². The summed E-state index contributed by atoms with van der Waals surface area (Å²) in [5.41, 5.74) is 1.48. The Hall–Kier alpha value is -0.820. The summed E-state index contributed by atoms with van der Waals surface area (Å²) in [5.74, 6) is 2.15. The number of nitrogens with one attached hydrogen (secondary N) is 1. The second kappa shape index (κ2) is 7.83. The van der Waals surface area contributed by atoms with E-state index in [1.807, 2.05) is 0 Å². The molecular weight excluding hydrogens is 242 g/mol. The highest BCUT2D eigenvalue weighted by Gasteiger charge is 2.22. The van der Waals surface area contributed by atoms with Gasteiger partial charge in [-0.2, -0.15) is 0 Å². The summed E-state index contributed by atoms with van der Waals surface area (Å²) < 4.78 is 0. The molecule has 1 aliphatic carbocycles. The van der Waals surface area contributed by atoms with Crippen molar-refractivity contribution in [3.8, 4) is 0 Å². The Kier molecular flexibility index (Phi) is 6.09. The summed E-state index contributed by atoms with van der Waals surface area (Å²) >= 11 is 0. The van der Waals surface area contributed by atoms with Crippen LogP contribution in [0.5, 0.6) is 0 Å². The van der Waals surface area contributed by atoms with Crippen LogP contribution in [0.3, 0.4) is 0 Å². The molecule has 2 rings (SSSR count). The van der Waals surface area contributed by atoms with Crippen LogP contribution < -0.4 is 5.32 Å². The average Bonchev–Trinajstić information content (AvgIpc) is 2.65. The molecule has 1 N–H and O–H groups in total. The van der Waals surface area contributed by atoms with Crippen molar-refractivity contribution in [1.82, 2.24) is 5.32 Å². The minimum absolute atomic E-state index is 0.631. The number of benzene rings is 1. The molecule has 1 fully saturated rings. The third-order valence-corrected chi connectivity index (χ3v) is 4.99. The first-order valence-corrected chi connectivity index (χ1v) is 8.47. The van der Waals surface area contributed by atoms with Gasteiger partial charge >= 0.3 is 0 Å². The summed E-state index contributed by atoms with van der Waals surface area (Å²) in [5, 5.41) is 3.89. The average molecular weight is 273 g/mol. The Morgan fingerprint density at radius 1 is 1.05 bits per heavy atom. The van der Waals surface area contributed by atoms with E-state index in [1.54, 1.807) is 0 Å². The van der Waals surface area contributed by atoms with E-state index < -0.39 is 0 Å². The first kappa shape index (κ1) is 15.6. The summed E-state index contributed by atoms with van der Waals surface area (Å²) in [7, 11) is 0. The van der Waals surface area contributed by atoms with E-state index in [0.29, 0.717) is 11.8 Å². The van der Waals surface area contributed by atoms with Gasteiger partial charge in [-0.1, -0.05) is 70.4 Å². The summed E-state index contributed by atoms with van der Waals surface area (Å²) in [4.78, 5) is 0. The standard InChI is InChI=1S/C19H31N/c1-15(2)18(17-11-7-5-8-12-17)14-20-19-13-9-4-6-10-16(19)3/h5,7-8,11-12,15-16,18-20H,4,6,9-10,13-14H2,1-3H3. The molecule has 0 aliphatic heterocycles. The van der Waals surface area contributed by atoms with Crippen LogP contribution in [0.4, 0.5) is 0 Å². The lowest BCUT2D eigenvalue weighted by Crippen LogP contribution is -2.38. The monoisotopic (exact) mass is 273 g/mol. The lowest BCUT2D eigenvalue weighted by atomic mass is 9.87. The van der Waals surface area contributed by atoms with Gasteiger partial charge in [0.1, 0.15) is 0 Å². The molecule has 0 heterocycles. The second-order valence-electron chi connectivity index (χ2n) is 6.89. The van der Waals surface area contributed by atoms with Crippen molar-refractivity contribution in [3.05, 3.63) is 35.9 Å². The van der Waals surface area contributed by atoms with E-state index in [2.05, 4.69) is 56.4 Å². The molecule has 1 aliphatic rings. The van der Waals surface area contributed by atoms with Crippen molar-refractivity contribution >= 4 is 0 Å². The quantitative estimate of drug-likeness (QED) is 0.746. The topological polar surface area (TPSA) is 12.0 Å². The smallest absolute Gasteiger partial charge is 0.00929 e. The van der Waals surface area contributed by atoms with Gasteiger partial charge < -0.3 is 5.32 Å². The zero-order chi connectivity index (χ0) is 14.4. The maximum Gasteiger partial charge on any atom is 0.00929 e. The zero-order valence-corrected chi connectivity index (χ0v) is 13.4. The van der Waals surface area contributed by atoms with E-state index in [4.69, 9.17) is 0 Å². The van der Waals surface area contributed by atoms with Crippen molar-refractivity contribution in [2.45, 2.75) is 64.8 Å². The molecule has 0 amide bonds. The third kappa shape index (κ3) is 4.34. The van der Waals surface area contributed by atoms with Gasteiger partial charge in [0.25, 0.3) is 0 Å². The zero-order valence-electron chi connectivity index (χ0n) is 13.4. The number of hydrogen-bond donors (Lipinski definition) is 1. The number of rotatable bonds is 5. The van der Waals surface area contributed by atoms with Crippen molar-refractivity contribution in [2.24, 2.45) is 11.8 Å². The Morgan fingerprint density at radius 2 is 1.75 bits per heavy atom. The first-order valence-electron chi connectivity index (χ1n) is 8.47. The van der Waals surface area contributed by atoms with Crippen LogP contribution in [0.15, 0.2) is 30.3 Å².